The van der Waals surface area contributed by atoms with Crippen molar-refractivity contribution in [3.63, 3.8) is 0 Å². The first kappa shape index (κ1) is 20.1. The van der Waals surface area contributed by atoms with Crippen molar-refractivity contribution >= 4 is 23.2 Å². The van der Waals surface area contributed by atoms with E-state index in [2.05, 4.69) is 10.3 Å². The van der Waals surface area contributed by atoms with Crippen molar-refractivity contribution < 1.29 is 14.3 Å². The fourth-order valence-electron chi connectivity index (χ4n) is 2.35. The topological polar surface area (TPSA) is 68.3 Å². The molecule has 0 aliphatic heterocycles. The van der Waals surface area contributed by atoms with E-state index in [1.165, 1.54) is 16.9 Å². The maximum atomic E-state index is 12.1. The number of esters is 1. The van der Waals surface area contributed by atoms with Crippen LogP contribution in [0.15, 0.2) is 24.3 Å². The molecule has 2 rings (SSSR count). The number of amides is 1. The lowest BCUT2D eigenvalue weighted by atomic mass is 10.1. The van der Waals surface area contributed by atoms with Crippen molar-refractivity contribution in [1.29, 1.82) is 0 Å². The largest absolute Gasteiger partial charge is 0.460 e. The second-order valence-electron chi connectivity index (χ2n) is 6.59. The van der Waals surface area contributed by atoms with E-state index in [1.54, 1.807) is 0 Å². The first-order chi connectivity index (χ1) is 12.4. The summed E-state index contributed by atoms with van der Waals surface area (Å²) in [7, 11) is 0. The van der Waals surface area contributed by atoms with Gasteiger partial charge >= 0.3 is 5.97 Å². The van der Waals surface area contributed by atoms with Crippen molar-refractivity contribution in [3.05, 3.63) is 51.0 Å². The van der Waals surface area contributed by atoms with E-state index in [9.17, 15) is 9.59 Å². The highest BCUT2D eigenvalue weighted by Crippen LogP contribution is 2.25. The van der Waals surface area contributed by atoms with Gasteiger partial charge in [0, 0.05) is 12.3 Å². The van der Waals surface area contributed by atoms with Crippen molar-refractivity contribution in [3.8, 4) is 0 Å². The minimum atomic E-state index is -0.374. The molecule has 0 spiro atoms. The summed E-state index contributed by atoms with van der Waals surface area (Å²) in [6.07, 6.45) is 1.12. The first-order valence-electron chi connectivity index (χ1n) is 8.83. The van der Waals surface area contributed by atoms with E-state index >= 15 is 0 Å². The smallest absolute Gasteiger partial charge is 0.350 e. The van der Waals surface area contributed by atoms with Gasteiger partial charge in [-0.1, -0.05) is 43.7 Å². The molecule has 0 aliphatic carbocycles. The summed E-state index contributed by atoms with van der Waals surface area (Å²) in [5, 5.41) is 3.71. The summed E-state index contributed by atoms with van der Waals surface area (Å²) in [6.45, 7) is 8.40. The van der Waals surface area contributed by atoms with Crippen LogP contribution in [0.3, 0.4) is 0 Å². The molecular weight excluding hydrogens is 348 g/mol. The van der Waals surface area contributed by atoms with Gasteiger partial charge in [0.1, 0.15) is 11.5 Å². The molecule has 6 heteroatoms. The molecule has 0 atom stereocenters. The van der Waals surface area contributed by atoms with E-state index < -0.39 is 0 Å². The molecule has 0 bridgehead atoms. The summed E-state index contributed by atoms with van der Waals surface area (Å²) in [4.78, 5) is 28.9. The highest BCUT2D eigenvalue weighted by Gasteiger charge is 2.18. The van der Waals surface area contributed by atoms with Crippen LogP contribution in [0, 0.1) is 13.8 Å². The summed E-state index contributed by atoms with van der Waals surface area (Å²) < 4.78 is 5.25. The van der Waals surface area contributed by atoms with Gasteiger partial charge < -0.3 is 10.1 Å². The van der Waals surface area contributed by atoms with Gasteiger partial charge in [-0.15, -0.1) is 11.3 Å². The Hall–Kier alpha value is -2.21. The Bertz CT molecular complexity index is 751. The summed E-state index contributed by atoms with van der Waals surface area (Å²) in [5.41, 5.74) is 3.04. The zero-order chi connectivity index (χ0) is 19.1. The highest BCUT2D eigenvalue weighted by atomic mass is 32.1. The van der Waals surface area contributed by atoms with Gasteiger partial charge in [0.05, 0.1) is 17.2 Å². The van der Waals surface area contributed by atoms with Crippen molar-refractivity contribution in [2.24, 2.45) is 0 Å². The first-order valence-corrected chi connectivity index (χ1v) is 9.65. The normalized spacial score (nSPS) is 10.8. The van der Waals surface area contributed by atoms with E-state index in [4.69, 9.17) is 4.74 Å². The SMILES string of the molecule is Cc1ccc(CCC(=O)NCCOC(=O)c2sc(C(C)C)nc2C)cc1. The van der Waals surface area contributed by atoms with Crippen LogP contribution in [0.5, 0.6) is 0 Å². The Morgan fingerprint density at radius 3 is 2.50 bits per heavy atom. The van der Waals surface area contributed by atoms with Crippen LogP contribution in [0.1, 0.15) is 57.7 Å². The van der Waals surface area contributed by atoms with Crippen LogP contribution in [0.4, 0.5) is 0 Å². The molecule has 2 aromatic rings. The van der Waals surface area contributed by atoms with E-state index in [1.807, 2.05) is 52.0 Å². The Morgan fingerprint density at radius 1 is 1.19 bits per heavy atom. The maximum absolute atomic E-state index is 12.1. The number of ether oxygens (including phenoxy) is 1. The Labute approximate surface area is 158 Å². The van der Waals surface area contributed by atoms with E-state index in [0.717, 1.165) is 10.6 Å². The number of benzene rings is 1. The molecule has 0 saturated heterocycles. The van der Waals surface area contributed by atoms with Crippen LogP contribution >= 0.6 is 11.3 Å². The number of nitrogens with zero attached hydrogens (tertiary/aromatic N) is 1. The summed E-state index contributed by atoms with van der Waals surface area (Å²) in [6, 6.07) is 8.15. The zero-order valence-corrected chi connectivity index (χ0v) is 16.6. The minimum Gasteiger partial charge on any atom is -0.460 e. The van der Waals surface area contributed by atoms with E-state index in [0.29, 0.717) is 30.0 Å². The number of carbonyl (C=O) groups is 2. The van der Waals surface area contributed by atoms with E-state index in [-0.39, 0.29) is 24.4 Å². The van der Waals surface area contributed by atoms with Crippen LogP contribution in [0.2, 0.25) is 0 Å². The lowest BCUT2D eigenvalue weighted by molar-refractivity contribution is -0.121. The monoisotopic (exact) mass is 374 g/mol. The number of hydrogen-bond acceptors (Lipinski definition) is 5. The molecular formula is C20H26N2O3S. The molecule has 1 amide bonds. The Morgan fingerprint density at radius 2 is 1.88 bits per heavy atom. The van der Waals surface area contributed by atoms with Gasteiger partial charge in [-0.05, 0) is 25.8 Å². The highest BCUT2D eigenvalue weighted by molar-refractivity contribution is 7.13. The van der Waals surface area contributed by atoms with Gasteiger partial charge in [-0.2, -0.15) is 0 Å². The number of aromatic nitrogens is 1. The summed E-state index contributed by atoms with van der Waals surface area (Å²) >= 11 is 1.37. The lowest BCUT2D eigenvalue weighted by Crippen LogP contribution is -2.28. The van der Waals surface area contributed by atoms with Crippen molar-refractivity contribution in [1.82, 2.24) is 10.3 Å². The predicted molar refractivity (Wildman–Crippen MR) is 104 cm³/mol. The third kappa shape index (κ3) is 5.95. The average Bonchev–Trinajstić information content (AvgIpc) is 3.00. The van der Waals surface area contributed by atoms with Gasteiger partial charge in [-0.3, -0.25) is 4.79 Å². The molecule has 1 aromatic carbocycles. The van der Waals surface area contributed by atoms with Gasteiger partial charge in [0.2, 0.25) is 5.91 Å². The van der Waals surface area contributed by atoms with Gasteiger partial charge in [0.15, 0.2) is 0 Å². The fourth-order valence-corrected chi connectivity index (χ4v) is 3.32. The molecule has 1 aromatic heterocycles. The molecule has 1 N–H and O–H groups in total. The second kappa shape index (κ2) is 9.48. The molecule has 0 aliphatic rings. The molecule has 1 heterocycles. The van der Waals surface area contributed by atoms with Gasteiger partial charge in [0.25, 0.3) is 0 Å². The second-order valence-corrected chi connectivity index (χ2v) is 7.62. The number of nitrogens with one attached hydrogen (secondary N) is 1. The Balaban J connectivity index is 1.68. The molecule has 26 heavy (non-hydrogen) atoms. The molecule has 5 nitrogen and oxygen atoms in total. The van der Waals surface area contributed by atoms with Crippen LogP contribution < -0.4 is 5.32 Å². The quantitative estimate of drug-likeness (QED) is 0.564. The standard InChI is InChI=1S/C20H26N2O3S/c1-13(2)19-22-15(4)18(26-19)20(24)25-12-11-21-17(23)10-9-16-7-5-14(3)6-8-16/h5-8,13H,9-12H2,1-4H3,(H,21,23). The number of aryl methyl sites for hydroxylation is 3. The van der Waals surface area contributed by atoms with Crippen LogP contribution in [0.25, 0.3) is 0 Å². The Kier molecular flexibility index (Phi) is 7.33. The van der Waals surface area contributed by atoms with Crippen LogP contribution in [-0.2, 0) is 16.0 Å². The predicted octanol–water partition coefficient (Wildman–Crippen LogP) is 3.79. The third-order valence-corrected chi connectivity index (χ3v) is 5.35. The van der Waals surface area contributed by atoms with Crippen LogP contribution in [-0.4, -0.2) is 30.0 Å². The lowest BCUT2D eigenvalue weighted by Gasteiger charge is -2.07. The fraction of sp³-hybridized carbons (Fsp3) is 0.450. The van der Waals surface area contributed by atoms with Gasteiger partial charge in [-0.25, -0.2) is 9.78 Å². The third-order valence-electron chi connectivity index (χ3n) is 3.91. The average molecular weight is 375 g/mol. The summed E-state index contributed by atoms with van der Waals surface area (Å²) in [5.74, 6) is -0.133. The maximum Gasteiger partial charge on any atom is 0.350 e. The molecule has 0 saturated carbocycles. The number of hydrogen-bond donors (Lipinski definition) is 1. The number of carbonyl (C=O) groups excluding carboxylic acids is 2. The zero-order valence-electron chi connectivity index (χ0n) is 15.8. The molecule has 0 radical (unpaired) electrons. The van der Waals surface area contributed by atoms with Crippen molar-refractivity contribution in [2.45, 2.75) is 46.5 Å². The minimum absolute atomic E-state index is 0.0438. The number of rotatable bonds is 8. The number of thiazole rings is 1. The molecule has 140 valence electrons. The molecule has 0 unspecified atom stereocenters. The van der Waals surface area contributed by atoms with Crippen molar-refractivity contribution in [2.75, 3.05) is 13.2 Å². The molecule has 0 fully saturated rings.